The van der Waals surface area contributed by atoms with E-state index in [4.69, 9.17) is 0 Å². The Labute approximate surface area is 175 Å². The number of carbonyl (C=O) groups is 1. The van der Waals surface area contributed by atoms with Crippen LogP contribution in [-0.4, -0.2) is 61.8 Å². The van der Waals surface area contributed by atoms with Gasteiger partial charge in [0.1, 0.15) is 0 Å². The van der Waals surface area contributed by atoms with Crippen molar-refractivity contribution in [3.63, 3.8) is 0 Å². The van der Waals surface area contributed by atoms with Gasteiger partial charge in [-0.3, -0.25) is 9.69 Å². The number of hydrogen-bond donors (Lipinski definition) is 1. The molecule has 1 amide bonds. The number of nitrogens with zero attached hydrogens (tertiary/aromatic N) is 2. The van der Waals surface area contributed by atoms with Crippen LogP contribution in [0.2, 0.25) is 0 Å². The number of halogens is 3. The Kier molecular flexibility index (Phi) is 7.09. The molecule has 1 saturated carbocycles. The quantitative estimate of drug-likeness (QED) is 0.754. The molecule has 0 aromatic heterocycles. The lowest BCUT2D eigenvalue weighted by molar-refractivity contribution is -0.137. The van der Waals surface area contributed by atoms with Crippen molar-refractivity contribution < 1.29 is 26.4 Å². The van der Waals surface area contributed by atoms with Crippen LogP contribution in [0.4, 0.5) is 13.2 Å². The van der Waals surface area contributed by atoms with E-state index in [-0.39, 0.29) is 36.0 Å². The number of piperazine rings is 1. The van der Waals surface area contributed by atoms with Gasteiger partial charge >= 0.3 is 6.18 Å². The zero-order valence-corrected chi connectivity index (χ0v) is 17.8. The molecule has 1 aromatic rings. The van der Waals surface area contributed by atoms with Crippen LogP contribution < -0.4 is 5.32 Å². The molecule has 168 valence electrons. The summed E-state index contributed by atoms with van der Waals surface area (Å²) in [6, 6.07) is 3.62. The Hall–Kier alpha value is -1.65. The highest BCUT2D eigenvalue weighted by molar-refractivity contribution is 7.89. The number of nitrogens with one attached hydrogen (secondary N) is 1. The summed E-state index contributed by atoms with van der Waals surface area (Å²) < 4.78 is 65.6. The standard InChI is InChI=1S/C20H28F3N3O3S/c1-15(19(27)24-17-7-3-2-4-8-17)25-10-12-26(13-11-25)30(28,29)18-9-5-6-16(14-18)20(21,22)23/h5-6,9,14-15,17H,2-4,7-8,10-13H2,1H3,(H,24,27). The van der Waals surface area contributed by atoms with Gasteiger partial charge in [0.15, 0.2) is 0 Å². The van der Waals surface area contributed by atoms with Crippen LogP contribution in [-0.2, 0) is 21.0 Å². The topological polar surface area (TPSA) is 69.7 Å². The summed E-state index contributed by atoms with van der Waals surface area (Å²) >= 11 is 0. The Balaban J connectivity index is 1.59. The van der Waals surface area contributed by atoms with Gasteiger partial charge in [-0.25, -0.2) is 8.42 Å². The Morgan fingerprint density at radius 1 is 1.10 bits per heavy atom. The molecule has 1 heterocycles. The second-order valence-corrected chi connectivity index (χ2v) is 9.92. The predicted octanol–water partition coefficient (Wildman–Crippen LogP) is 2.85. The zero-order valence-electron chi connectivity index (χ0n) is 17.0. The van der Waals surface area contributed by atoms with Crippen molar-refractivity contribution in [2.24, 2.45) is 0 Å². The first-order valence-electron chi connectivity index (χ1n) is 10.3. The Morgan fingerprint density at radius 2 is 1.73 bits per heavy atom. The van der Waals surface area contributed by atoms with Gasteiger partial charge in [-0.1, -0.05) is 25.3 Å². The average Bonchev–Trinajstić information content (AvgIpc) is 2.73. The summed E-state index contributed by atoms with van der Waals surface area (Å²) in [7, 11) is -4.03. The van der Waals surface area contributed by atoms with Crippen molar-refractivity contribution in [2.75, 3.05) is 26.2 Å². The van der Waals surface area contributed by atoms with Crippen molar-refractivity contribution in [1.82, 2.24) is 14.5 Å². The van der Waals surface area contributed by atoms with Gasteiger partial charge in [0.25, 0.3) is 0 Å². The molecule has 6 nitrogen and oxygen atoms in total. The first-order chi connectivity index (χ1) is 14.1. The molecule has 1 atom stereocenters. The van der Waals surface area contributed by atoms with E-state index in [1.165, 1.54) is 16.8 Å². The first-order valence-corrected chi connectivity index (χ1v) is 11.7. The van der Waals surface area contributed by atoms with Gasteiger partial charge in [0.2, 0.25) is 15.9 Å². The largest absolute Gasteiger partial charge is 0.416 e. The van der Waals surface area contributed by atoms with Crippen LogP contribution in [0, 0.1) is 0 Å². The van der Waals surface area contributed by atoms with Crippen LogP contribution in [0.1, 0.15) is 44.6 Å². The highest BCUT2D eigenvalue weighted by atomic mass is 32.2. The number of amides is 1. The van der Waals surface area contributed by atoms with E-state index in [0.717, 1.165) is 37.8 Å². The van der Waals surface area contributed by atoms with Crippen molar-refractivity contribution >= 4 is 15.9 Å². The molecular weight excluding hydrogens is 419 g/mol. The molecule has 1 aliphatic carbocycles. The summed E-state index contributed by atoms with van der Waals surface area (Å²) in [6.45, 7) is 2.74. The monoisotopic (exact) mass is 447 g/mol. The van der Waals surface area contributed by atoms with E-state index in [0.29, 0.717) is 19.2 Å². The van der Waals surface area contributed by atoms with Gasteiger partial charge in [-0.15, -0.1) is 0 Å². The van der Waals surface area contributed by atoms with Gasteiger partial charge in [0, 0.05) is 32.2 Å². The highest BCUT2D eigenvalue weighted by Gasteiger charge is 2.35. The van der Waals surface area contributed by atoms with Crippen molar-refractivity contribution in [3.05, 3.63) is 29.8 Å². The summed E-state index contributed by atoms with van der Waals surface area (Å²) in [5.74, 6) is -0.0592. The minimum atomic E-state index is -4.61. The molecule has 0 spiro atoms. The minimum absolute atomic E-state index is 0.0592. The predicted molar refractivity (Wildman–Crippen MR) is 106 cm³/mol. The van der Waals surface area contributed by atoms with E-state index >= 15 is 0 Å². The van der Waals surface area contributed by atoms with E-state index in [1.54, 1.807) is 6.92 Å². The molecule has 0 bridgehead atoms. The van der Waals surface area contributed by atoms with Crippen molar-refractivity contribution in [1.29, 1.82) is 0 Å². The lowest BCUT2D eigenvalue weighted by atomic mass is 9.95. The first kappa shape index (κ1) is 23.0. The third-order valence-electron chi connectivity index (χ3n) is 5.95. The van der Waals surface area contributed by atoms with Gasteiger partial charge in [-0.05, 0) is 38.0 Å². The van der Waals surface area contributed by atoms with Gasteiger partial charge in [0.05, 0.1) is 16.5 Å². The van der Waals surface area contributed by atoms with Gasteiger partial charge < -0.3 is 5.32 Å². The van der Waals surface area contributed by atoms with Crippen LogP contribution >= 0.6 is 0 Å². The summed E-state index contributed by atoms with van der Waals surface area (Å²) in [5.41, 5.74) is -0.991. The molecule has 1 unspecified atom stereocenters. The van der Waals surface area contributed by atoms with Crippen molar-refractivity contribution in [3.8, 4) is 0 Å². The maximum atomic E-state index is 12.9. The SMILES string of the molecule is CC(C(=O)NC1CCCCC1)N1CCN(S(=O)(=O)c2cccc(C(F)(F)F)c2)CC1. The number of rotatable bonds is 5. The van der Waals surface area contributed by atoms with Crippen LogP contribution in [0.3, 0.4) is 0 Å². The number of benzene rings is 1. The van der Waals surface area contributed by atoms with Crippen LogP contribution in [0.5, 0.6) is 0 Å². The van der Waals surface area contributed by atoms with Crippen LogP contribution in [0.25, 0.3) is 0 Å². The zero-order chi connectivity index (χ0) is 21.9. The number of sulfonamides is 1. The summed E-state index contributed by atoms with van der Waals surface area (Å²) in [4.78, 5) is 14.1. The third-order valence-corrected chi connectivity index (χ3v) is 7.85. The van der Waals surface area contributed by atoms with Crippen LogP contribution in [0.15, 0.2) is 29.2 Å². The van der Waals surface area contributed by atoms with E-state index in [9.17, 15) is 26.4 Å². The fourth-order valence-electron chi connectivity index (χ4n) is 4.05. The summed E-state index contributed by atoms with van der Waals surface area (Å²) in [6.07, 6.45) is 0.801. The van der Waals surface area contributed by atoms with E-state index in [1.807, 2.05) is 4.90 Å². The number of hydrogen-bond acceptors (Lipinski definition) is 4. The van der Waals surface area contributed by atoms with Gasteiger partial charge in [-0.2, -0.15) is 17.5 Å². The fraction of sp³-hybridized carbons (Fsp3) is 0.650. The molecule has 1 N–H and O–H groups in total. The number of carbonyl (C=O) groups excluding carboxylic acids is 1. The molecular formula is C20H28F3N3O3S. The molecule has 2 fully saturated rings. The average molecular weight is 448 g/mol. The molecule has 10 heteroatoms. The Morgan fingerprint density at radius 3 is 2.33 bits per heavy atom. The molecule has 30 heavy (non-hydrogen) atoms. The smallest absolute Gasteiger partial charge is 0.352 e. The van der Waals surface area contributed by atoms with Crippen molar-refractivity contribution in [2.45, 2.75) is 62.2 Å². The van der Waals surface area contributed by atoms with E-state index < -0.39 is 21.8 Å². The molecule has 0 radical (unpaired) electrons. The third kappa shape index (κ3) is 5.33. The number of alkyl halides is 3. The second-order valence-electron chi connectivity index (χ2n) is 7.99. The minimum Gasteiger partial charge on any atom is -0.352 e. The maximum Gasteiger partial charge on any atom is 0.416 e. The molecule has 1 aromatic carbocycles. The second kappa shape index (κ2) is 9.23. The Bertz CT molecular complexity index is 846. The fourth-order valence-corrected chi connectivity index (χ4v) is 5.52. The van der Waals surface area contributed by atoms with E-state index in [2.05, 4.69) is 5.32 Å². The lowest BCUT2D eigenvalue weighted by Gasteiger charge is -2.37. The molecule has 1 aliphatic heterocycles. The molecule has 1 saturated heterocycles. The lowest BCUT2D eigenvalue weighted by Crippen LogP contribution is -2.55. The molecule has 2 aliphatic rings. The highest BCUT2D eigenvalue weighted by Crippen LogP contribution is 2.31. The normalized spacial score (nSPS) is 21.3. The maximum absolute atomic E-state index is 12.9. The summed E-state index contributed by atoms with van der Waals surface area (Å²) in [5, 5.41) is 3.08. The molecule has 3 rings (SSSR count).